The lowest BCUT2D eigenvalue weighted by Crippen LogP contribution is -2.32. The molecule has 0 N–H and O–H groups in total. The van der Waals surface area contributed by atoms with Crippen molar-refractivity contribution in [2.24, 2.45) is 0 Å². The number of carbonyl (C=O) groups is 1. The fourth-order valence-corrected chi connectivity index (χ4v) is 2.79. The van der Waals surface area contributed by atoms with Gasteiger partial charge in [-0.1, -0.05) is 11.3 Å². The van der Waals surface area contributed by atoms with Crippen LogP contribution in [-0.4, -0.2) is 35.6 Å². The molecule has 0 saturated carbocycles. The minimum Gasteiger partial charge on any atom is -0.492 e. The van der Waals surface area contributed by atoms with Gasteiger partial charge in [0.1, 0.15) is 18.2 Å². The topological polar surface area (TPSA) is 51.5 Å². The number of thiazole rings is 1. The van der Waals surface area contributed by atoms with Crippen LogP contribution in [0.25, 0.3) is 0 Å². The van der Waals surface area contributed by atoms with Crippen molar-refractivity contribution >= 4 is 17.2 Å². The summed E-state index contributed by atoms with van der Waals surface area (Å²) in [5.74, 6) is 0.196. The lowest BCUT2D eigenvalue weighted by Gasteiger charge is -2.17. The number of likely N-dealkylation sites (N-methyl/N-ethyl adjacent to an activating group) is 1. The van der Waals surface area contributed by atoms with Crippen LogP contribution in [0.5, 0.6) is 5.75 Å². The summed E-state index contributed by atoms with van der Waals surface area (Å²) in [6.07, 6.45) is 0.268. The highest BCUT2D eigenvalue weighted by atomic mass is 32.1. The number of hydrogen-bond donors (Lipinski definition) is 0. The maximum atomic E-state index is 12.8. The summed E-state index contributed by atoms with van der Waals surface area (Å²) in [5.41, 5.74) is 0.870. The highest BCUT2D eigenvalue weighted by Gasteiger charge is 2.11. The molecule has 2 aromatic rings. The fourth-order valence-electron chi connectivity index (χ4n) is 2.03. The maximum absolute atomic E-state index is 12.8. The number of carbonyl (C=O) groups excluding carboxylic acids is 1. The number of halogens is 1. The van der Waals surface area contributed by atoms with E-state index >= 15 is 0 Å². The van der Waals surface area contributed by atoms with E-state index in [1.807, 2.05) is 6.92 Å². The van der Waals surface area contributed by atoms with E-state index in [9.17, 15) is 14.0 Å². The van der Waals surface area contributed by atoms with Crippen LogP contribution in [0.15, 0.2) is 34.4 Å². The Hall–Kier alpha value is -2.15. The van der Waals surface area contributed by atoms with E-state index in [0.29, 0.717) is 25.4 Å². The molecule has 0 aliphatic rings. The zero-order valence-corrected chi connectivity index (χ0v) is 13.9. The van der Waals surface area contributed by atoms with Gasteiger partial charge in [0, 0.05) is 31.1 Å². The van der Waals surface area contributed by atoms with E-state index in [1.165, 1.54) is 12.1 Å². The third-order valence-corrected chi connectivity index (χ3v) is 4.34. The second-order valence-corrected chi connectivity index (χ2v) is 5.98. The van der Waals surface area contributed by atoms with Gasteiger partial charge in [0.15, 0.2) is 0 Å². The van der Waals surface area contributed by atoms with Gasteiger partial charge in [0.05, 0.1) is 6.54 Å². The van der Waals surface area contributed by atoms with Gasteiger partial charge in [-0.05, 0) is 31.2 Å². The number of hydrogen-bond acceptors (Lipinski definition) is 4. The molecular weight excluding hydrogens is 319 g/mol. The van der Waals surface area contributed by atoms with Crippen molar-refractivity contribution in [1.82, 2.24) is 9.47 Å². The number of aromatic nitrogens is 1. The highest BCUT2D eigenvalue weighted by molar-refractivity contribution is 7.07. The first kappa shape index (κ1) is 17.2. The van der Waals surface area contributed by atoms with Gasteiger partial charge in [-0.3, -0.25) is 9.59 Å². The number of rotatable bonds is 7. The first-order valence-electron chi connectivity index (χ1n) is 7.24. The van der Waals surface area contributed by atoms with Crippen molar-refractivity contribution in [3.63, 3.8) is 0 Å². The monoisotopic (exact) mass is 338 g/mol. The summed E-state index contributed by atoms with van der Waals surface area (Å²) in [4.78, 5) is 25.2. The van der Waals surface area contributed by atoms with Gasteiger partial charge in [-0.25, -0.2) is 4.39 Å². The normalized spacial score (nSPS) is 10.6. The number of benzene rings is 1. The second kappa shape index (κ2) is 7.92. The quantitative estimate of drug-likeness (QED) is 0.778. The smallest absolute Gasteiger partial charge is 0.307 e. The Bertz CT molecular complexity index is 709. The zero-order chi connectivity index (χ0) is 16.8. The van der Waals surface area contributed by atoms with Crippen LogP contribution < -0.4 is 9.61 Å². The lowest BCUT2D eigenvalue weighted by atomic mass is 10.3. The van der Waals surface area contributed by atoms with Gasteiger partial charge >= 0.3 is 4.87 Å². The predicted octanol–water partition coefficient (Wildman–Crippen LogP) is 2.28. The molecule has 0 saturated heterocycles. The molecule has 7 heteroatoms. The highest BCUT2D eigenvalue weighted by Crippen LogP contribution is 2.10. The molecule has 1 heterocycles. The Kier molecular flexibility index (Phi) is 5.92. The Morgan fingerprint density at radius 1 is 1.35 bits per heavy atom. The number of aryl methyl sites for hydroxylation is 1. The van der Waals surface area contributed by atoms with Gasteiger partial charge in [0.25, 0.3) is 0 Å². The summed E-state index contributed by atoms with van der Waals surface area (Å²) < 4.78 is 19.8. The lowest BCUT2D eigenvalue weighted by molar-refractivity contribution is -0.130. The van der Waals surface area contributed by atoms with Crippen molar-refractivity contribution in [2.75, 3.05) is 20.2 Å². The molecule has 1 aromatic heterocycles. The van der Waals surface area contributed by atoms with Crippen LogP contribution in [-0.2, 0) is 11.3 Å². The van der Waals surface area contributed by atoms with E-state index in [1.54, 1.807) is 34.0 Å². The third kappa shape index (κ3) is 4.92. The predicted molar refractivity (Wildman–Crippen MR) is 87.5 cm³/mol. The van der Waals surface area contributed by atoms with Crippen molar-refractivity contribution in [1.29, 1.82) is 0 Å². The Morgan fingerprint density at radius 3 is 2.65 bits per heavy atom. The Labute approximate surface area is 137 Å². The van der Waals surface area contributed by atoms with Gasteiger partial charge in [0.2, 0.25) is 5.91 Å². The number of nitrogens with zero attached hydrogens (tertiary/aromatic N) is 2. The molecule has 0 atom stereocenters. The average Bonchev–Trinajstić information content (AvgIpc) is 2.85. The molecule has 0 aliphatic heterocycles. The van der Waals surface area contributed by atoms with E-state index in [4.69, 9.17) is 4.74 Å². The van der Waals surface area contributed by atoms with E-state index < -0.39 is 0 Å². The minimum absolute atomic E-state index is 0.0439. The molecule has 0 radical (unpaired) electrons. The molecule has 5 nitrogen and oxygen atoms in total. The van der Waals surface area contributed by atoms with Crippen molar-refractivity contribution in [3.8, 4) is 5.75 Å². The standard InChI is InChI=1S/C16H19FN2O3S/c1-12-11-23-16(21)19(12)8-7-15(20)18(2)9-10-22-14-5-3-13(17)4-6-14/h3-6,11H,7-10H2,1-2H3. The Morgan fingerprint density at radius 2 is 2.04 bits per heavy atom. The number of amides is 1. The average molecular weight is 338 g/mol. The number of ether oxygens (including phenoxy) is 1. The van der Waals surface area contributed by atoms with Crippen LogP contribution >= 0.6 is 11.3 Å². The minimum atomic E-state index is -0.316. The van der Waals surface area contributed by atoms with Gasteiger partial charge < -0.3 is 14.2 Å². The summed E-state index contributed by atoms with van der Waals surface area (Å²) in [6.45, 7) is 2.98. The van der Waals surface area contributed by atoms with E-state index in [2.05, 4.69) is 0 Å². The fraction of sp³-hybridized carbons (Fsp3) is 0.375. The SMILES string of the molecule is Cc1csc(=O)n1CCC(=O)N(C)CCOc1ccc(F)cc1. The first-order chi connectivity index (χ1) is 11.0. The molecule has 0 aliphatic carbocycles. The van der Waals surface area contributed by atoms with Crippen LogP contribution in [0, 0.1) is 12.7 Å². The maximum Gasteiger partial charge on any atom is 0.307 e. The third-order valence-electron chi connectivity index (χ3n) is 3.46. The molecule has 124 valence electrons. The molecule has 0 spiro atoms. The molecule has 23 heavy (non-hydrogen) atoms. The van der Waals surface area contributed by atoms with Crippen LogP contribution in [0.3, 0.4) is 0 Å². The summed E-state index contributed by atoms with van der Waals surface area (Å²) >= 11 is 1.14. The van der Waals surface area contributed by atoms with Crippen molar-refractivity contribution < 1.29 is 13.9 Å². The van der Waals surface area contributed by atoms with Crippen LogP contribution in [0.4, 0.5) is 4.39 Å². The molecule has 0 bridgehead atoms. The molecule has 2 rings (SSSR count). The van der Waals surface area contributed by atoms with E-state index in [-0.39, 0.29) is 23.0 Å². The summed E-state index contributed by atoms with van der Waals surface area (Å²) in [6, 6.07) is 5.74. The van der Waals surface area contributed by atoms with Crippen molar-refractivity contribution in [3.05, 3.63) is 50.8 Å². The molecule has 0 unspecified atom stereocenters. The molecule has 0 fully saturated rings. The Balaban J connectivity index is 1.74. The molecular formula is C16H19FN2O3S. The van der Waals surface area contributed by atoms with Gasteiger partial charge in [-0.2, -0.15) is 0 Å². The molecule has 1 aromatic carbocycles. The van der Waals surface area contributed by atoms with Crippen LogP contribution in [0.1, 0.15) is 12.1 Å². The largest absolute Gasteiger partial charge is 0.492 e. The zero-order valence-electron chi connectivity index (χ0n) is 13.1. The second-order valence-electron chi connectivity index (χ2n) is 5.16. The summed E-state index contributed by atoms with van der Waals surface area (Å²) in [5, 5.41) is 1.78. The van der Waals surface area contributed by atoms with Gasteiger partial charge in [-0.15, -0.1) is 0 Å². The van der Waals surface area contributed by atoms with E-state index in [0.717, 1.165) is 17.0 Å². The molecule has 1 amide bonds. The first-order valence-corrected chi connectivity index (χ1v) is 8.12. The van der Waals surface area contributed by atoms with Crippen molar-refractivity contribution in [2.45, 2.75) is 19.9 Å². The summed E-state index contributed by atoms with van der Waals surface area (Å²) in [7, 11) is 1.69. The van der Waals surface area contributed by atoms with Crippen LogP contribution in [0.2, 0.25) is 0 Å².